The van der Waals surface area contributed by atoms with Gasteiger partial charge in [0.05, 0.1) is 6.61 Å². The van der Waals surface area contributed by atoms with Gasteiger partial charge in [-0.1, -0.05) is 57.0 Å². The monoisotopic (exact) mass is 222 g/mol. The number of benzene rings is 1. The Morgan fingerprint density at radius 1 is 1.19 bits per heavy atom. The molecule has 0 radical (unpaired) electrons. The average Bonchev–Trinajstić information content (AvgIpc) is 2.32. The van der Waals surface area contributed by atoms with Crippen LogP contribution in [-0.4, -0.2) is 18.8 Å². The average molecular weight is 222 g/mol. The highest BCUT2D eigenvalue weighted by Crippen LogP contribution is 2.34. The maximum Gasteiger partial charge on any atom is 0.116 e. The lowest BCUT2D eigenvalue weighted by Gasteiger charge is -2.35. The summed E-state index contributed by atoms with van der Waals surface area (Å²) >= 11 is 0. The van der Waals surface area contributed by atoms with Crippen LogP contribution in [0.1, 0.15) is 32.3 Å². The van der Waals surface area contributed by atoms with Crippen molar-refractivity contribution in [1.82, 2.24) is 0 Å². The Morgan fingerprint density at radius 3 is 2.19 bits per heavy atom. The fraction of sp³-hybridized carbons (Fsp3) is 0.571. The molecule has 0 saturated heterocycles. The number of methoxy groups -OCH3 is 1. The van der Waals surface area contributed by atoms with Crippen molar-refractivity contribution >= 4 is 0 Å². The van der Waals surface area contributed by atoms with Crippen molar-refractivity contribution < 1.29 is 9.84 Å². The summed E-state index contributed by atoms with van der Waals surface area (Å²) in [6.45, 7) is 4.57. The van der Waals surface area contributed by atoms with Crippen LogP contribution in [0.4, 0.5) is 0 Å². The van der Waals surface area contributed by atoms with Crippen LogP contribution < -0.4 is 0 Å². The lowest BCUT2D eigenvalue weighted by Crippen LogP contribution is -2.39. The Labute approximate surface area is 98.3 Å². The number of rotatable bonds is 6. The Hall–Kier alpha value is -0.860. The molecule has 1 atom stereocenters. The smallest absolute Gasteiger partial charge is 0.116 e. The van der Waals surface area contributed by atoms with Crippen LogP contribution in [0.25, 0.3) is 0 Å². The molecule has 2 heteroatoms. The number of aliphatic hydroxyl groups is 1. The Morgan fingerprint density at radius 2 is 1.75 bits per heavy atom. The third-order valence-electron chi connectivity index (χ3n) is 3.30. The highest BCUT2D eigenvalue weighted by molar-refractivity contribution is 5.23. The van der Waals surface area contributed by atoms with Crippen LogP contribution in [0.5, 0.6) is 0 Å². The molecule has 1 aromatic rings. The van der Waals surface area contributed by atoms with Gasteiger partial charge in [-0.2, -0.15) is 0 Å². The molecule has 1 rings (SSSR count). The second-order valence-corrected chi connectivity index (χ2v) is 4.24. The number of hydrogen-bond acceptors (Lipinski definition) is 2. The van der Waals surface area contributed by atoms with E-state index in [0.717, 1.165) is 18.4 Å². The van der Waals surface area contributed by atoms with Gasteiger partial charge >= 0.3 is 0 Å². The molecule has 0 aromatic heterocycles. The van der Waals surface area contributed by atoms with Gasteiger partial charge in [0.15, 0.2) is 0 Å². The molecule has 1 unspecified atom stereocenters. The molecule has 0 saturated carbocycles. The molecular weight excluding hydrogens is 200 g/mol. The first-order valence-corrected chi connectivity index (χ1v) is 5.95. The number of ether oxygens (including phenoxy) is 1. The van der Waals surface area contributed by atoms with E-state index in [-0.39, 0.29) is 5.92 Å². The molecular formula is C14H22O2. The van der Waals surface area contributed by atoms with Crippen molar-refractivity contribution in [2.75, 3.05) is 13.7 Å². The van der Waals surface area contributed by atoms with E-state index in [9.17, 15) is 5.11 Å². The van der Waals surface area contributed by atoms with Crippen LogP contribution in [0.3, 0.4) is 0 Å². The van der Waals surface area contributed by atoms with E-state index in [1.165, 1.54) is 0 Å². The van der Waals surface area contributed by atoms with Gasteiger partial charge in [-0.05, 0) is 11.5 Å². The van der Waals surface area contributed by atoms with E-state index in [2.05, 4.69) is 13.8 Å². The van der Waals surface area contributed by atoms with E-state index in [4.69, 9.17) is 4.74 Å². The van der Waals surface area contributed by atoms with Gasteiger partial charge in [-0.15, -0.1) is 0 Å². The van der Waals surface area contributed by atoms with Crippen molar-refractivity contribution in [3.63, 3.8) is 0 Å². The zero-order valence-electron chi connectivity index (χ0n) is 10.4. The first kappa shape index (κ1) is 13.2. The van der Waals surface area contributed by atoms with Gasteiger partial charge in [0.25, 0.3) is 0 Å². The Balaban J connectivity index is 3.05. The summed E-state index contributed by atoms with van der Waals surface area (Å²) < 4.78 is 5.20. The highest BCUT2D eigenvalue weighted by Gasteiger charge is 2.36. The van der Waals surface area contributed by atoms with Crippen molar-refractivity contribution in [2.24, 2.45) is 5.92 Å². The SMILES string of the molecule is CCC(CC)C(O)(COC)c1ccccc1. The van der Waals surface area contributed by atoms with Crippen LogP contribution in [-0.2, 0) is 10.3 Å². The summed E-state index contributed by atoms with van der Waals surface area (Å²) in [4.78, 5) is 0. The molecule has 0 bridgehead atoms. The minimum atomic E-state index is -0.862. The van der Waals surface area contributed by atoms with E-state index in [0.29, 0.717) is 6.61 Å². The number of hydrogen-bond donors (Lipinski definition) is 1. The maximum atomic E-state index is 10.8. The van der Waals surface area contributed by atoms with Gasteiger partial charge in [-0.25, -0.2) is 0 Å². The molecule has 0 spiro atoms. The maximum absolute atomic E-state index is 10.8. The minimum Gasteiger partial charge on any atom is -0.382 e. The third kappa shape index (κ3) is 2.63. The van der Waals surface area contributed by atoms with Gasteiger partial charge in [0.1, 0.15) is 5.60 Å². The molecule has 1 N–H and O–H groups in total. The fourth-order valence-corrected chi connectivity index (χ4v) is 2.35. The van der Waals surface area contributed by atoms with E-state index in [1.54, 1.807) is 7.11 Å². The molecule has 0 heterocycles. The predicted octanol–water partition coefficient (Wildman–Crippen LogP) is 2.96. The largest absolute Gasteiger partial charge is 0.382 e. The Bertz CT molecular complexity index is 293. The minimum absolute atomic E-state index is 0.231. The zero-order chi connectivity index (χ0) is 12.0. The Kier molecular flexibility index (Phi) is 4.97. The molecule has 0 fully saturated rings. The zero-order valence-corrected chi connectivity index (χ0v) is 10.4. The highest BCUT2D eigenvalue weighted by atomic mass is 16.5. The van der Waals surface area contributed by atoms with Gasteiger partial charge in [-0.3, -0.25) is 0 Å². The molecule has 0 aliphatic rings. The van der Waals surface area contributed by atoms with Crippen molar-refractivity contribution in [3.8, 4) is 0 Å². The summed E-state index contributed by atoms with van der Waals surface area (Å²) in [5.74, 6) is 0.231. The lowest BCUT2D eigenvalue weighted by molar-refractivity contribution is -0.0825. The van der Waals surface area contributed by atoms with Gasteiger partial charge < -0.3 is 9.84 Å². The second-order valence-electron chi connectivity index (χ2n) is 4.24. The van der Waals surface area contributed by atoms with Crippen LogP contribution in [0, 0.1) is 5.92 Å². The molecule has 1 aromatic carbocycles. The van der Waals surface area contributed by atoms with Crippen LogP contribution >= 0.6 is 0 Å². The van der Waals surface area contributed by atoms with Crippen molar-refractivity contribution in [3.05, 3.63) is 35.9 Å². The molecule has 90 valence electrons. The van der Waals surface area contributed by atoms with Gasteiger partial charge in [0, 0.05) is 7.11 Å². The first-order chi connectivity index (χ1) is 7.69. The summed E-state index contributed by atoms with van der Waals surface area (Å²) in [7, 11) is 1.64. The summed E-state index contributed by atoms with van der Waals surface area (Å²) in [6.07, 6.45) is 1.90. The standard InChI is InChI=1S/C14H22O2/c1-4-12(5-2)14(15,11-16-3)13-9-7-6-8-10-13/h6-10,12,15H,4-5,11H2,1-3H3. The normalized spacial score (nSPS) is 15.1. The van der Waals surface area contributed by atoms with Gasteiger partial charge in [0.2, 0.25) is 0 Å². The summed E-state index contributed by atoms with van der Waals surface area (Å²) in [5, 5.41) is 10.8. The van der Waals surface area contributed by atoms with E-state index < -0.39 is 5.60 Å². The molecule has 0 aliphatic heterocycles. The summed E-state index contributed by atoms with van der Waals surface area (Å²) in [5.41, 5.74) is 0.0880. The molecule has 16 heavy (non-hydrogen) atoms. The second kappa shape index (κ2) is 6.02. The fourth-order valence-electron chi connectivity index (χ4n) is 2.35. The molecule has 0 aliphatic carbocycles. The topological polar surface area (TPSA) is 29.5 Å². The van der Waals surface area contributed by atoms with Crippen molar-refractivity contribution in [1.29, 1.82) is 0 Å². The van der Waals surface area contributed by atoms with Crippen LogP contribution in [0.15, 0.2) is 30.3 Å². The van der Waals surface area contributed by atoms with Crippen LogP contribution in [0.2, 0.25) is 0 Å². The molecule has 0 amide bonds. The predicted molar refractivity (Wildman–Crippen MR) is 66.3 cm³/mol. The first-order valence-electron chi connectivity index (χ1n) is 5.95. The lowest BCUT2D eigenvalue weighted by atomic mass is 9.79. The van der Waals surface area contributed by atoms with Crippen molar-refractivity contribution in [2.45, 2.75) is 32.3 Å². The van der Waals surface area contributed by atoms with E-state index in [1.807, 2.05) is 30.3 Å². The third-order valence-corrected chi connectivity index (χ3v) is 3.30. The summed E-state index contributed by atoms with van der Waals surface area (Å²) in [6, 6.07) is 9.81. The quantitative estimate of drug-likeness (QED) is 0.802. The van der Waals surface area contributed by atoms with E-state index >= 15 is 0 Å². The molecule has 2 nitrogen and oxygen atoms in total.